The van der Waals surface area contributed by atoms with Gasteiger partial charge in [0.2, 0.25) is 0 Å². The third kappa shape index (κ3) is 3.59. The van der Waals surface area contributed by atoms with Gasteiger partial charge in [-0.1, -0.05) is 27.2 Å². The maximum atomic E-state index is 12.1. The lowest BCUT2D eigenvalue weighted by atomic mass is 10.1. The van der Waals surface area contributed by atoms with Crippen LogP contribution in [0.3, 0.4) is 0 Å². The monoisotopic (exact) mass is 267 g/mol. The van der Waals surface area contributed by atoms with Crippen molar-refractivity contribution in [2.24, 2.45) is 5.92 Å². The van der Waals surface area contributed by atoms with E-state index in [4.69, 9.17) is 9.52 Å². The van der Waals surface area contributed by atoms with E-state index in [-0.39, 0.29) is 17.2 Å². The van der Waals surface area contributed by atoms with Gasteiger partial charge in [0.15, 0.2) is 5.76 Å². The number of hydrogen-bond donors (Lipinski definition) is 1. The summed E-state index contributed by atoms with van der Waals surface area (Å²) in [5, 5.41) is 9.03. The van der Waals surface area contributed by atoms with E-state index < -0.39 is 5.97 Å². The molecule has 0 aliphatic carbocycles. The molecule has 1 rings (SSSR count). The fraction of sp³-hybridized carbons (Fsp3) is 0.571. The molecule has 1 atom stereocenters. The lowest BCUT2D eigenvalue weighted by Crippen LogP contribution is -2.30. The molecule has 0 spiro atoms. The third-order valence-electron chi connectivity index (χ3n) is 3.20. The van der Waals surface area contributed by atoms with Crippen LogP contribution in [-0.2, 0) is 6.42 Å². The van der Waals surface area contributed by atoms with Gasteiger partial charge in [-0.2, -0.15) is 0 Å². The van der Waals surface area contributed by atoms with Crippen molar-refractivity contribution in [3.05, 3.63) is 23.2 Å². The number of amides is 1. The van der Waals surface area contributed by atoms with Gasteiger partial charge in [0, 0.05) is 26.1 Å². The van der Waals surface area contributed by atoms with Gasteiger partial charge >= 0.3 is 5.97 Å². The van der Waals surface area contributed by atoms with Crippen LogP contribution < -0.4 is 0 Å². The molecule has 0 aromatic carbocycles. The molecule has 1 heterocycles. The van der Waals surface area contributed by atoms with E-state index in [0.717, 1.165) is 6.42 Å². The third-order valence-corrected chi connectivity index (χ3v) is 3.20. The molecule has 1 unspecified atom stereocenters. The molecule has 5 nitrogen and oxygen atoms in total. The number of nitrogens with zero attached hydrogens (tertiary/aromatic N) is 1. The highest BCUT2D eigenvalue weighted by atomic mass is 16.4. The number of aromatic carboxylic acids is 1. The van der Waals surface area contributed by atoms with Gasteiger partial charge in [0.1, 0.15) is 11.3 Å². The van der Waals surface area contributed by atoms with E-state index in [1.165, 1.54) is 6.07 Å². The topological polar surface area (TPSA) is 70.8 Å². The van der Waals surface area contributed by atoms with Gasteiger partial charge in [-0.15, -0.1) is 0 Å². The number of furan rings is 1. The fourth-order valence-corrected chi connectivity index (χ4v) is 1.85. The number of carbonyl (C=O) groups excluding carboxylic acids is 1. The van der Waals surface area contributed by atoms with Crippen molar-refractivity contribution >= 4 is 11.9 Å². The van der Waals surface area contributed by atoms with Crippen molar-refractivity contribution < 1.29 is 19.1 Å². The molecule has 0 aliphatic rings. The summed E-state index contributed by atoms with van der Waals surface area (Å²) in [6.45, 7) is 6.54. The predicted octanol–water partition coefficient (Wildman–Crippen LogP) is 2.66. The Bertz CT molecular complexity index is 464. The first kappa shape index (κ1) is 15.3. The quantitative estimate of drug-likeness (QED) is 0.860. The van der Waals surface area contributed by atoms with Crippen LogP contribution in [-0.4, -0.2) is 35.5 Å². The van der Waals surface area contributed by atoms with Crippen LogP contribution in [0.2, 0.25) is 0 Å². The van der Waals surface area contributed by atoms with Gasteiger partial charge in [-0.3, -0.25) is 4.79 Å². The second-order valence-electron chi connectivity index (χ2n) is 4.81. The lowest BCUT2D eigenvalue weighted by molar-refractivity contribution is 0.0692. The van der Waals surface area contributed by atoms with E-state index in [0.29, 0.717) is 24.6 Å². The maximum Gasteiger partial charge on any atom is 0.339 e. The highest BCUT2D eigenvalue weighted by Crippen LogP contribution is 2.18. The average Bonchev–Trinajstić information content (AvgIpc) is 2.81. The van der Waals surface area contributed by atoms with E-state index in [9.17, 15) is 9.59 Å². The molecule has 0 radical (unpaired) electrons. The Balaban J connectivity index is 2.91. The first-order chi connectivity index (χ1) is 8.90. The Kier molecular flexibility index (Phi) is 5.15. The summed E-state index contributed by atoms with van der Waals surface area (Å²) >= 11 is 0. The van der Waals surface area contributed by atoms with Gasteiger partial charge < -0.3 is 14.4 Å². The molecule has 0 saturated heterocycles. The second-order valence-corrected chi connectivity index (χ2v) is 4.81. The number of rotatable bonds is 6. The van der Waals surface area contributed by atoms with Crippen LogP contribution in [0, 0.1) is 5.92 Å². The maximum absolute atomic E-state index is 12.1. The Morgan fingerprint density at radius 2 is 2.05 bits per heavy atom. The minimum Gasteiger partial charge on any atom is -0.478 e. The number of hydrogen-bond acceptors (Lipinski definition) is 3. The Labute approximate surface area is 113 Å². The molecule has 19 heavy (non-hydrogen) atoms. The number of carboxylic acids is 1. The molecule has 1 aromatic rings. The summed E-state index contributed by atoms with van der Waals surface area (Å²) < 4.78 is 5.35. The summed E-state index contributed by atoms with van der Waals surface area (Å²) in [7, 11) is 1.70. The molecule has 0 fully saturated rings. The van der Waals surface area contributed by atoms with Crippen LogP contribution in [0.15, 0.2) is 10.5 Å². The second kappa shape index (κ2) is 6.41. The van der Waals surface area contributed by atoms with Crippen molar-refractivity contribution in [3.8, 4) is 0 Å². The molecular weight excluding hydrogens is 246 g/mol. The zero-order valence-corrected chi connectivity index (χ0v) is 11.9. The van der Waals surface area contributed by atoms with Crippen molar-refractivity contribution in [3.63, 3.8) is 0 Å². The zero-order valence-electron chi connectivity index (χ0n) is 11.9. The van der Waals surface area contributed by atoms with Gasteiger partial charge in [0.05, 0.1) is 0 Å². The number of aryl methyl sites for hydroxylation is 1. The average molecular weight is 267 g/mol. The van der Waals surface area contributed by atoms with E-state index >= 15 is 0 Å². The van der Waals surface area contributed by atoms with Crippen molar-refractivity contribution in [2.45, 2.75) is 33.6 Å². The van der Waals surface area contributed by atoms with Gasteiger partial charge in [-0.25, -0.2) is 4.79 Å². The van der Waals surface area contributed by atoms with Gasteiger partial charge in [0.25, 0.3) is 5.91 Å². The molecule has 0 bridgehead atoms. The summed E-state index contributed by atoms with van der Waals surface area (Å²) in [4.78, 5) is 24.7. The van der Waals surface area contributed by atoms with E-state index in [1.54, 1.807) is 18.9 Å². The molecule has 5 heteroatoms. The fourth-order valence-electron chi connectivity index (χ4n) is 1.85. The minimum atomic E-state index is -1.07. The molecular formula is C14H21NO4. The lowest BCUT2D eigenvalue weighted by Gasteiger charge is -2.19. The van der Waals surface area contributed by atoms with Crippen LogP contribution in [0.1, 0.15) is 53.9 Å². The first-order valence-corrected chi connectivity index (χ1v) is 6.52. The molecule has 1 aromatic heterocycles. The van der Waals surface area contributed by atoms with Crippen molar-refractivity contribution in [2.75, 3.05) is 13.6 Å². The van der Waals surface area contributed by atoms with Gasteiger partial charge in [-0.05, 0) is 5.92 Å². The van der Waals surface area contributed by atoms with Crippen LogP contribution in [0.25, 0.3) is 0 Å². The summed E-state index contributed by atoms with van der Waals surface area (Å²) in [6.07, 6.45) is 1.43. The predicted molar refractivity (Wildman–Crippen MR) is 71.5 cm³/mol. The Morgan fingerprint density at radius 1 is 1.42 bits per heavy atom. The summed E-state index contributed by atoms with van der Waals surface area (Å²) in [5.74, 6) is -0.506. The number of carboxylic acid groups (broad SMARTS) is 1. The highest BCUT2D eigenvalue weighted by molar-refractivity contribution is 5.96. The standard InChI is InChI=1S/C14H21NO4/c1-5-9(3)8-15(4)13(16)12-7-10(14(17)18)11(6-2)19-12/h7,9H,5-6,8H2,1-4H3,(H,17,18). The largest absolute Gasteiger partial charge is 0.478 e. The summed E-state index contributed by atoms with van der Waals surface area (Å²) in [6, 6.07) is 1.32. The van der Waals surface area contributed by atoms with Crippen LogP contribution in [0.4, 0.5) is 0 Å². The van der Waals surface area contributed by atoms with Crippen molar-refractivity contribution in [1.82, 2.24) is 4.90 Å². The molecule has 0 aliphatic heterocycles. The van der Waals surface area contributed by atoms with Crippen LogP contribution >= 0.6 is 0 Å². The SMILES string of the molecule is CCc1oc(C(=O)N(C)CC(C)CC)cc1C(=O)O. The minimum absolute atomic E-state index is 0.0720. The zero-order chi connectivity index (χ0) is 14.6. The number of carbonyl (C=O) groups is 2. The Morgan fingerprint density at radius 3 is 2.47 bits per heavy atom. The summed E-state index contributed by atoms with van der Waals surface area (Å²) in [5.41, 5.74) is 0.0720. The van der Waals surface area contributed by atoms with Crippen molar-refractivity contribution in [1.29, 1.82) is 0 Å². The Hall–Kier alpha value is -1.78. The molecule has 0 saturated carbocycles. The molecule has 1 amide bonds. The van der Waals surface area contributed by atoms with Crippen LogP contribution in [0.5, 0.6) is 0 Å². The molecule has 1 N–H and O–H groups in total. The van der Waals surface area contributed by atoms with E-state index in [2.05, 4.69) is 13.8 Å². The van der Waals surface area contributed by atoms with E-state index in [1.807, 2.05) is 0 Å². The smallest absolute Gasteiger partial charge is 0.339 e. The highest BCUT2D eigenvalue weighted by Gasteiger charge is 2.22. The normalized spacial score (nSPS) is 12.2. The first-order valence-electron chi connectivity index (χ1n) is 6.52. The molecule has 106 valence electrons.